The summed E-state index contributed by atoms with van der Waals surface area (Å²) in [5, 5.41) is 21.5. The van der Waals surface area contributed by atoms with Gasteiger partial charge in [0.1, 0.15) is 36.0 Å². The summed E-state index contributed by atoms with van der Waals surface area (Å²) in [4.78, 5) is 20.3. The Labute approximate surface area is 232 Å². The molecular formula is C26H36N8O5S. The number of fused-ring (bicyclic) bond motifs is 2. The molecule has 4 heterocycles. The number of nitrogens with one attached hydrogen (secondary N) is 1. The average molecular weight is 573 g/mol. The predicted molar refractivity (Wildman–Crippen MR) is 150 cm³/mol. The molecule has 4 aromatic rings. The zero-order valence-electron chi connectivity index (χ0n) is 23.0. The number of nitrogens with two attached hydrogens (primary N) is 1. The monoisotopic (exact) mass is 572 g/mol. The third-order valence-corrected chi connectivity index (χ3v) is 8.59. The minimum atomic E-state index is -3.61. The Morgan fingerprint density at radius 1 is 1.15 bits per heavy atom. The number of hydrogen-bond acceptors (Lipinski definition) is 10. The zero-order chi connectivity index (χ0) is 28.8. The second-order valence-corrected chi connectivity index (χ2v) is 13.4. The number of aryl methyl sites for hydroxylation is 1. The zero-order valence-corrected chi connectivity index (χ0v) is 23.8. The largest absolute Gasteiger partial charge is 0.387 e. The fourth-order valence-corrected chi connectivity index (χ4v) is 5.87. The minimum Gasteiger partial charge on any atom is -0.387 e. The molecule has 0 bridgehead atoms. The highest BCUT2D eigenvalue weighted by Crippen LogP contribution is 2.33. The number of unbranched alkanes of at least 4 members (excludes halogenated alkanes) is 1. The normalized spacial score (nSPS) is 22.2. The molecule has 40 heavy (non-hydrogen) atoms. The number of sulfonamides is 1. The highest BCUT2D eigenvalue weighted by atomic mass is 32.2. The number of aliphatic hydroxyl groups excluding tert-OH is 2. The molecule has 13 nitrogen and oxygen atoms in total. The lowest BCUT2D eigenvalue weighted by atomic mass is 9.87. The van der Waals surface area contributed by atoms with Crippen molar-refractivity contribution in [3.8, 4) is 0 Å². The summed E-state index contributed by atoms with van der Waals surface area (Å²) in [6.07, 6.45) is 1.11. The number of anilines is 1. The van der Waals surface area contributed by atoms with Crippen molar-refractivity contribution < 1.29 is 23.4 Å². The standard InChI is InChI=1S/C26H36N8O5S/c1-26(2,3)15-8-9-16-17(11-15)32-19(31-16)7-5-6-10-33(40(4,37)38)12-18-21(35)22(36)25(39-18)34-14-30-20-23(27)28-13-29-24(20)34/h8-9,11,13-14,18,21-22,25,35-36H,5-7,10,12H2,1-4H3,(H,31,32)(H2,27,28,29)/t18-,21+,22-,25-/m1/s1. The second kappa shape index (κ2) is 10.7. The van der Waals surface area contributed by atoms with Crippen molar-refractivity contribution in [1.29, 1.82) is 0 Å². The van der Waals surface area contributed by atoms with Crippen molar-refractivity contribution >= 4 is 38.0 Å². The van der Waals surface area contributed by atoms with Gasteiger partial charge in [0.2, 0.25) is 10.0 Å². The number of imidazole rings is 2. The van der Waals surface area contributed by atoms with Crippen molar-refractivity contribution in [3.05, 3.63) is 42.2 Å². The Morgan fingerprint density at radius 2 is 1.93 bits per heavy atom. The van der Waals surface area contributed by atoms with E-state index in [0.717, 1.165) is 23.1 Å². The van der Waals surface area contributed by atoms with Crippen molar-refractivity contribution in [2.45, 2.75) is 70.0 Å². The smallest absolute Gasteiger partial charge is 0.211 e. The number of aromatic amines is 1. The third-order valence-electron chi connectivity index (χ3n) is 7.32. The molecular weight excluding hydrogens is 536 g/mol. The molecule has 0 unspecified atom stereocenters. The maximum absolute atomic E-state index is 12.6. The van der Waals surface area contributed by atoms with Crippen LogP contribution in [0.15, 0.2) is 30.9 Å². The van der Waals surface area contributed by atoms with Crippen molar-refractivity contribution in [3.63, 3.8) is 0 Å². The Morgan fingerprint density at radius 3 is 2.65 bits per heavy atom. The molecule has 14 heteroatoms. The fraction of sp³-hybridized carbons (Fsp3) is 0.538. The molecule has 0 saturated carbocycles. The fourth-order valence-electron chi connectivity index (χ4n) is 4.99. The first-order valence-electron chi connectivity index (χ1n) is 13.2. The number of aliphatic hydroxyl groups is 2. The number of rotatable bonds is 9. The first-order chi connectivity index (χ1) is 18.8. The number of ether oxygens (including phenoxy) is 1. The van der Waals surface area contributed by atoms with Crippen LogP contribution in [0.2, 0.25) is 0 Å². The summed E-state index contributed by atoms with van der Waals surface area (Å²) in [5.74, 6) is 1.03. The molecule has 5 N–H and O–H groups in total. The van der Waals surface area contributed by atoms with Crippen LogP contribution in [-0.4, -0.2) is 90.1 Å². The van der Waals surface area contributed by atoms with E-state index in [4.69, 9.17) is 10.5 Å². The molecule has 0 spiro atoms. The van der Waals surface area contributed by atoms with Gasteiger partial charge in [-0.3, -0.25) is 4.57 Å². The molecule has 1 saturated heterocycles. The van der Waals surface area contributed by atoms with Crippen LogP contribution in [0.25, 0.3) is 22.2 Å². The van der Waals surface area contributed by atoms with E-state index in [1.165, 1.54) is 27.1 Å². The van der Waals surface area contributed by atoms with E-state index in [9.17, 15) is 18.6 Å². The molecule has 1 aliphatic rings. The van der Waals surface area contributed by atoms with Crippen molar-refractivity contribution in [1.82, 2.24) is 33.8 Å². The van der Waals surface area contributed by atoms with E-state index in [2.05, 4.69) is 57.8 Å². The van der Waals surface area contributed by atoms with E-state index >= 15 is 0 Å². The van der Waals surface area contributed by atoms with Gasteiger partial charge in [0, 0.05) is 19.5 Å². The second-order valence-electron chi connectivity index (χ2n) is 11.4. The molecule has 4 atom stereocenters. The summed E-state index contributed by atoms with van der Waals surface area (Å²) in [5.41, 5.74) is 9.68. The van der Waals surface area contributed by atoms with E-state index in [1.807, 2.05) is 6.07 Å². The van der Waals surface area contributed by atoms with E-state index in [-0.39, 0.29) is 24.3 Å². The number of nitrogen functional groups attached to an aromatic ring is 1. The Balaban J connectivity index is 1.21. The molecule has 0 radical (unpaired) electrons. The molecule has 0 amide bonds. The van der Waals surface area contributed by atoms with Crippen molar-refractivity contribution in [2.75, 3.05) is 25.1 Å². The van der Waals surface area contributed by atoms with Crippen LogP contribution in [0.1, 0.15) is 51.2 Å². The van der Waals surface area contributed by atoms with Gasteiger partial charge < -0.3 is 25.7 Å². The first-order valence-corrected chi connectivity index (χ1v) is 15.1. The summed E-state index contributed by atoms with van der Waals surface area (Å²) in [6, 6.07) is 6.24. The highest BCUT2D eigenvalue weighted by molar-refractivity contribution is 7.88. The minimum absolute atomic E-state index is 0.0379. The summed E-state index contributed by atoms with van der Waals surface area (Å²) in [7, 11) is -3.61. The summed E-state index contributed by atoms with van der Waals surface area (Å²) in [6.45, 7) is 6.62. The van der Waals surface area contributed by atoms with Gasteiger partial charge in [-0.25, -0.2) is 28.4 Å². The number of benzene rings is 1. The van der Waals surface area contributed by atoms with Crippen LogP contribution in [0.4, 0.5) is 5.82 Å². The van der Waals surface area contributed by atoms with Gasteiger partial charge in [-0.15, -0.1) is 0 Å². The lowest BCUT2D eigenvalue weighted by Crippen LogP contribution is -2.42. The van der Waals surface area contributed by atoms with Gasteiger partial charge in [-0.2, -0.15) is 4.31 Å². The average Bonchev–Trinajstić information content (AvgIpc) is 3.56. The number of nitrogens with zero attached hydrogens (tertiary/aromatic N) is 6. The molecule has 3 aromatic heterocycles. The van der Waals surface area contributed by atoms with Crippen LogP contribution < -0.4 is 5.73 Å². The van der Waals surface area contributed by atoms with Crippen molar-refractivity contribution in [2.24, 2.45) is 0 Å². The molecule has 216 valence electrons. The lowest BCUT2D eigenvalue weighted by molar-refractivity contribution is -0.0386. The Bertz CT molecular complexity index is 1610. The third kappa shape index (κ3) is 5.67. The van der Waals surface area contributed by atoms with Gasteiger partial charge in [-0.05, 0) is 36.0 Å². The van der Waals surface area contributed by atoms with E-state index in [0.29, 0.717) is 30.4 Å². The predicted octanol–water partition coefficient (Wildman–Crippen LogP) is 1.49. The summed E-state index contributed by atoms with van der Waals surface area (Å²) >= 11 is 0. The van der Waals surface area contributed by atoms with Gasteiger partial charge >= 0.3 is 0 Å². The number of H-pyrrole nitrogens is 1. The topological polar surface area (TPSA) is 185 Å². The van der Waals surface area contributed by atoms with Crippen LogP contribution in [0.3, 0.4) is 0 Å². The van der Waals surface area contributed by atoms with Gasteiger partial charge in [0.05, 0.1) is 23.6 Å². The van der Waals surface area contributed by atoms with Crippen LogP contribution in [-0.2, 0) is 26.6 Å². The van der Waals surface area contributed by atoms with Crippen LogP contribution >= 0.6 is 0 Å². The molecule has 1 fully saturated rings. The van der Waals surface area contributed by atoms with Crippen LogP contribution in [0, 0.1) is 0 Å². The number of hydrogen-bond donors (Lipinski definition) is 4. The highest BCUT2D eigenvalue weighted by Gasteiger charge is 2.45. The summed E-state index contributed by atoms with van der Waals surface area (Å²) < 4.78 is 33.9. The lowest BCUT2D eigenvalue weighted by Gasteiger charge is -2.24. The van der Waals surface area contributed by atoms with Gasteiger partial charge in [0.25, 0.3) is 0 Å². The Hall–Kier alpha value is -3.17. The molecule has 0 aliphatic carbocycles. The molecule has 1 aromatic carbocycles. The quantitative estimate of drug-likeness (QED) is 0.214. The maximum atomic E-state index is 12.6. The van der Waals surface area contributed by atoms with Gasteiger partial charge in [-0.1, -0.05) is 26.8 Å². The SMILES string of the molecule is CC(C)(C)c1ccc2nc(CCCCN(C[C@H]3O[C@@H](n4cnc5c(N)ncnc54)[C@H](O)[C@H]3O)S(C)(=O)=O)[nH]c2c1. The van der Waals surface area contributed by atoms with E-state index < -0.39 is 34.6 Å². The van der Waals surface area contributed by atoms with E-state index in [1.54, 1.807) is 0 Å². The maximum Gasteiger partial charge on any atom is 0.211 e. The molecule has 1 aliphatic heterocycles. The molecule has 5 rings (SSSR count). The van der Waals surface area contributed by atoms with Gasteiger partial charge in [0.15, 0.2) is 17.7 Å². The number of aromatic nitrogens is 6. The van der Waals surface area contributed by atoms with Crippen LogP contribution in [0.5, 0.6) is 0 Å². The first kappa shape index (κ1) is 28.4. The Kier molecular flexibility index (Phi) is 7.56.